The average Bonchev–Trinajstić information content (AvgIpc) is 3.43. The van der Waals surface area contributed by atoms with Gasteiger partial charge in [0.25, 0.3) is 0 Å². The second-order valence-corrected chi connectivity index (χ2v) is 11.3. The van der Waals surface area contributed by atoms with Crippen molar-refractivity contribution < 1.29 is 0 Å². The molecule has 0 aliphatic carbocycles. The molecule has 0 bridgehead atoms. The molecule has 8 aromatic rings. The third-order valence-corrected chi connectivity index (χ3v) is 8.70. The van der Waals surface area contributed by atoms with E-state index in [1.807, 2.05) is 42.6 Å². The molecule has 0 aliphatic rings. The quantitative estimate of drug-likeness (QED) is 0.195. The van der Waals surface area contributed by atoms with E-state index >= 15 is 0 Å². The van der Waals surface area contributed by atoms with E-state index in [1.54, 1.807) is 17.5 Å². The Kier molecular flexibility index (Phi) is 5.95. The first-order valence-corrected chi connectivity index (χ1v) is 14.6. The van der Waals surface area contributed by atoms with Crippen LogP contribution in [-0.4, -0.2) is 24.9 Å². The molecule has 0 unspecified atom stereocenters. The van der Waals surface area contributed by atoms with E-state index in [1.165, 1.54) is 0 Å². The number of fused-ring (bicyclic) bond motifs is 4. The summed E-state index contributed by atoms with van der Waals surface area (Å²) in [6.07, 6.45) is 3.65. The number of hydrogen-bond acceptors (Lipinski definition) is 6. The molecule has 8 rings (SSSR count). The van der Waals surface area contributed by atoms with Crippen molar-refractivity contribution in [1.82, 2.24) is 24.9 Å². The van der Waals surface area contributed by atoms with Gasteiger partial charge in [0.05, 0.1) is 27.1 Å². The highest BCUT2D eigenvalue weighted by Crippen LogP contribution is 2.39. The second-order valence-electron chi connectivity index (χ2n) is 9.93. The maximum atomic E-state index is 6.41. The highest BCUT2D eigenvalue weighted by atomic mass is 35.5. The first-order chi connectivity index (χ1) is 20.7. The van der Waals surface area contributed by atoms with Gasteiger partial charge in [-0.25, -0.2) is 19.9 Å². The molecule has 0 radical (unpaired) electrons. The molecule has 4 heterocycles. The minimum absolute atomic E-state index is 0.242. The highest BCUT2D eigenvalue weighted by molar-refractivity contribution is 7.26. The van der Waals surface area contributed by atoms with Crippen LogP contribution in [0.25, 0.3) is 76.2 Å². The number of benzene rings is 4. The number of halogens is 1. The van der Waals surface area contributed by atoms with Gasteiger partial charge in [-0.2, -0.15) is 0 Å². The van der Waals surface area contributed by atoms with Crippen LogP contribution >= 0.6 is 22.9 Å². The number of thiophene rings is 1. The van der Waals surface area contributed by atoms with Crippen molar-refractivity contribution in [2.24, 2.45) is 0 Å². The SMILES string of the molecule is Clc1nc(-c2ccc(-c3nc(-c4ccc(-c5cccnc5)cc4)nc4ccccc34)cc2)c2sc3ccccc3c2n1. The summed E-state index contributed by atoms with van der Waals surface area (Å²) in [5.74, 6) is 0.681. The van der Waals surface area contributed by atoms with Crippen LogP contribution in [-0.2, 0) is 0 Å². The van der Waals surface area contributed by atoms with Gasteiger partial charge < -0.3 is 0 Å². The number of pyridine rings is 1. The van der Waals surface area contributed by atoms with Crippen LogP contribution in [0, 0.1) is 0 Å². The van der Waals surface area contributed by atoms with E-state index in [0.717, 1.165) is 70.4 Å². The fourth-order valence-electron chi connectivity index (χ4n) is 5.32. The van der Waals surface area contributed by atoms with Crippen LogP contribution in [0.3, 0.4) is 0 Å². The Morgan fingerprint density at radius 2 is 1.21 bits per heavy atom. The van der Waals surface area contributed by atoms with Gasteiger partial charge in [0, 0.05) is 44.6 Å². The van der Waals surface area contributed by atoms with Crippen LogP contribution in [0.4, 0.5) is 0 Å². The van der Waals surface area contributed by atoms with Crippen molar-refractivity contribution in [3.8, 4) is 45.0 Å². The van der Waals surface area contributed by atoms with Gasteiger partial charge in [0.15, 0.2) is 5.82 Å². The van der Waals surface area contributed by atoms with E-state index in [0.29, 0.717) is 5.82 Å². The Labute approximate surface area is 250 Å². The Balaban J connectivity index is 1.22. The van der Waals surface area contributed by atoms with Gasteiger partial charge in [-0.05, 0) is 40.9 Å². The number of para-hydroxylation sites is 1. The molecule has 4 aromatic heterocycles. The van der Waals surface area contributed by atoms with Crippen LogP contribution in [0.15, 0.2) is 122 Å². The fraction of sp³-hybridized carbons (Fsp3) is 0. The Hall–Kier alpha value is -5.04. The number of aromatic nitrogens is 5. The minimum Gasteiger partial charge on any atom is -0.264 e. The van der Waals surface area contributed by atoms with Crippen molar-refractivity contribution in [1.29, 1.82) is 0 Å². The first kappa shape index (κ1) is 24.7. The average molecular weight is 578 g/mol. The lowest BCUT2D eigenvalue weighted by molar-refractivity contribution is 1.23. The Morgan fingerprint density at radius 1 is 0.524 bits per heavy atom. The lowest BCUT2D eigenvalue weighted by Crippen LogP contribution is -1.95. The maximum absolute atomic E-state index is 6.41. The van der Waals surface area contributed by atoms with Gasteiger partial charge in [-0.15, -0.1) is 11.3 Å². The van der Waals surface area contributed by atoms with Gasteiger partial charge in [0.1, 0.15) is 0 Å². The van der Waals surface area contributed by atoms with E-state index in [-0.39, 0.29) is 5.28 Å². The van der Waals surface area contributed by atoms with Crippen molar-refractivity contribution in [3.05, 3.63) is 127 Å². The molecular formula is C35H20ClN5S. The summed E-state index contributed by atoms with van der Waals surface area (Å²) in [5.41, 5.74) is 8.59. The van der Waals surface area contributed by atoms with Gasteiger partial charge in [-0.1, -0.05) is 91.0 Å². The fourth-order valence-corrected chi connectivity index (χ4v) is 6.64. The van der Waals surface area contributed by atoms with Crippen LogP contribution in [0.2, 0.25) is 5.28 Å². The molecule has 0 amide bonds. The standard InChI is InChI=1S/C35H20ClN5S/c36-35-40-31(33-32(41-35)27-8-2-4-10-29(27)42-33)23-15-13-22(14-16-23)30-26-7-1-3-9-28(26)38-34(39-30)24-17-11-21(12-18-24)25-6-5-19-37-20-25/h1-20H. The van der Waals surface area contributed by atoms with Crippen molar-refractivity contribution in [2.45, 2.75) is 0 Å². The third-order valence-electron chi connectivity index (χ3n) is 7.37. The normalized spacial score (nSPS) is 11.5. The highest BCUT2D eigenvalue weighted by Gasteiger charge is 2.16. The molecule has 0 aliphatic heterocycles. The van der Waals surface area contributed by atoms with Crippen molar-refractivity contribution >= 4 is 54.1 Å². The second kappa shape index (κ2) is 10.1. The molecule has 0 atom stereocenters. The zero-order valence-corrected chi connectivity index (χ0v) is 23.6. The van der Waals surface area contributed by atoms with Crippen LogP contribution in [0.1, 0.15) is 0 Å². The van der Waals surface area contributed by atoms with Gasteiger partial charge >= 0.3 is 0 Å². The summed E-state index contributed by atoms with van der Waals surface area (Å²) in [6.45, 7) is 0. The molecule has 4 aromatic carbocycles. The minimum atomic E-state index is 0.242. The molecule has 0 fully saturated rings. The Bertz CT molecular complexity index is 2250. The number of rotatable bonds is 4. The Morgan fingerprint density at radius 3 is 2.00 bits per heavy atom. The summed E-state index contributed by atoms with van der Waals surface area (Å²) in [7, 11) is 0. The van der Waals surface area contributed by atoms with E-state index in [9.17, 15) is 0 Å². The molecule has 42 heavy (non-hydrogen) atoms. The third kappa shape index (κ3) is 4.29. The lowest BCUT2D eigenvalue weighted by Gasteiger charge is -2.11. The smallest absolute Gasteiger partial charge is 0.223 e. The molecule has 198 valence electrons. The predicted molar refractivity (Wildman–Crippen MR) is 173 cm³/mol. The van der Waals surface area contributed by atoms with Gasteiger partial charge in [-0.3, -0.25) is 4.98 Å². The van der Waals surface area contributed by atoms with Gasteiger partial charge in [0.2, 0.25) is 5.28 Å². The zero-order valence-electron chi connectivity index (χ0n) is 22.1. The molecule has 0 saturated heterocycles. The molecule has 5 nitrogen and oxygen atoms in total. The molecule has 7 heteroatoms. The van der Waals surface area contributed by atoms with Crippen molar-refractivity contribution in [3.63, 3.8) is 0 Å². The monoisotopic (exact) mass is 577 g/mol. The predicted octanol–water partition coefficient (Wildman–Crippen LogP) is 9.50. The first-order valence-electron chi connectivity index (χ1n) is 13.4. The zero-order chi connectivity index (χ0) is 28.0. The number of nitrogens with zero attached hydrogens (tertiary/aromatic N) is 5. The largest absolute Gasteiger partial charge is 0.264 e. The van der Waals surface area contributed by atoms with Crippen molar-refractivity contribution in [2.75, 3.05) is 0 Å². The van der Waals surface area contributed by atoms with Crippen LogP contribution in [0.5, 0.6) is 0 Å². The summed E-state index contributed by atoms with van der Waals surface area (Å²) in [4.78, 5) is 23.4. The molecule has 0 N–H and O–H groups in total. The summed E-state index contributed by atoms with van der Waals surface area (Å²) >= 11 is 8.09. The molecule has 0 spiro atoms. The van der Waals surface area contributed by atoms with E-state index in [2.05, 4.69) is 87.7 Å². The summed E-state index contributed by atoms with van der Waals surface area (Å²) in [5, 5.41) is 2.33. The molecule has 0 saturated carbocycles. The maximum Gasteiger partial charge on any atom is 0.223 e. The summed E-state index contributed by atoms with van der Waals surface area (Å²) < 4.78 is 2.19. The molecular weight excluding hydrogens is 558 g/mol. The van der Waals surface area contributed by atoms with E-state index < -0.39 is 0 Å². The lowest BCUT2D eigenvalue weighted by atomic mass is 10.0. The topological polar surface area (TPSA) is 64.5 Å². The number of hydrogen-bond donors (Lipinski definition) is 0. The summed E-state index contributed by atoms with van der Waals surface area (Å²) in [6, 6.07) is 37.0. The van der Waals surface area contributed by atoms with Crippen LogP contribution < -0.4 is 0 Å². The van der Waals surface area contributed by atoms with E-state index in [4.69, 9.17) is 21.6 Å².